The van der Waals surface area contributed by atoms with Crippen LogP contribution in [0.3, 0.4) is 0 Å². The van der Waals surface area contributed by atoms with Crippen molar-refractivity contribution in [3.63, 3.8) is 0 Å². The highest BCUT2D eigenvalue weighted by Gasteiger charge is 2.19. The lowest BCUT2D eigenvalue weighted by Gasteiger charge is -2.08. The lowest BCUT2D eigenvalue weighted by molar-refractivity contribution is 0.0595. The molecule has 0 aliphatic carbocycles. The van der Waals surface area contributed by atoms with Gasteiger partial charge in [0.2, 0.25) is 0 Å². The number of rotatable bonds is 2. The first-order chi connectivity index (χ1) is 9.06. The summed E-state index contributed by atoms with van der Waals surface area (Å²) in [7, 11) is 1.17. The molecule has 0 aliphatic heterocycles. The van der Waals surface area contributed by atoms with Crippen LogP contribution in [-0.4, -0.2) is 18.1 Å². The second-order valence-corrected chi connectivity index (χ2v) is 4.40. The maximum atomic E-state index is 14.2. The summed E-state index contributed by atoms with van der Waals surface area (Å²) < 4.78 is 18.7. The van der Waals surface area contributed by atoms with Gasteiger partial charge in [0.05, 0.1) is 22.7 Å². The van der Waals surface area contributed by atoms with Gasteiger partial charge in [-0.1, -0.05) is 35.3 Å². The molecule has 0 bridgehead atoms. The van der Waals surface area contributed by atoms with E-state index >= 15 is 0 Å². The molecule has 2 aromatic rings. The lowest BCUT2D eigenvalue weighted by Crippen LogP contribution is -2.06. The fourth-order valence-corrected chi connectivity index (χ4v) is 1.98. The molecule has 0 atom stereocenters. The number of pyridine rings is 1. The highest BCUT2D eigenvalue weighted by atomic mass is 35.5. The second-order valence-electron chi connectivity index (χ2n) is 3.61. The van der Waals surface area contributed by atoms with Crippen LogP contribution in [0.2, 0.25) is 10.0 Å². The summed E-state index contributed by atoms with van der Waals surface area (Å²) in [5, 5.41) is 0.460. The highest BCUT2D eigenvalue weighted by molar-refractivity contribution is 6.43. The van der Waals surface area contributed by atoms with E-state index in [-0.39, 0.29) is 21.3 Å². The van der Waals surface area contributed by atoms with Gasteiger partial charge < -0.3 is 4.74 Å². The Bertz CT molecular complexity index is 647. The van der Waals surface area contributed by atoms with E-state index < -0.39 is 11.8 Å². The number of hydrogen-bond acceptors (Lipinski definition) is 3. The number of hydrogen-bond donors (Lipinski definition) is 0. The van der Waals surface area contributed by atoms with Crippen LogP contribution in [0, 0.1) is 5.82 Å². The van der Waals surface area contributed by atoms with E-state index in [2.05, 4.69) is 9.72 Å². The molecule has 0 amide bonds. The number of ether oxygens (including phenoxy) is 1. The molecule has 1 aromatic heterocycles. The van der Waals surface area contributed by atoms with Crippen LogP contribution in [0.1, 0.15) is 10.4 Å². The van der Waals surface area contributed by atoms with Crippen molar-refractivity contribution in [2.24, 2.45) is 0 Å². The van der Waals surface area contributed by atoms with Gasteiger partial charge in [-0.25, -0.2) is 9.18 Å². The molecule has 0 saturated carbocycles. The van der Waals surface area contributed by atoms with Gasteiger partial charge in [-0.15, -0.1) is 0 Å². The number of aromatic nitrogens is 1. The van der Waals surface area contributed by atoms with Crippen molar-refractivity contribution in [3.8, 4) is 11.3 Å². The number of methoxy groups -OCH3 is 1. The molecule has 0 fully saturated rings. The Labute approximate surface area is 118 Å². The van der Waals surface area contributed by atoms with E-state index in [0.29, 0.717) is 5.56 Å². The quantitative estimate of drug-likeness (QED) is 0.787. The molecule has 0 unspecified atom stereocenters. The van der Waals surface area contributed by atoms with Gasteiger partial charge in [-0.2, -0.15) is 0 Å². The van der Waals surface area contributed by atoms with Crippen molar-refractivity contribution < 1.29 is 13.9 Å². The third kappa shape index (κ3) is 2.55. The Hall–Kier alpha value is -1.65. The number of esters is 1. The highest BCUT2D eigenvalue weighted by Crippen LogP contribution is 2.34. The number of carbonyl (C=O) groups excluding carboxylic acids is 1. The van der Waals surface area contributed by atoms with E-state index in [1.54, 1.807) is 18.2 Å². The summed E-state index contributed by atoms with van der Waals surface area (Å²) in [6, 6.07) is 6.01. The zero-order valence-corrected chi connectivity index (χ0v) is 11.3. The Morgan fingerprint density at radius 3 is 2.74 bits per heavy atom. The van der Waals surface area contributed by atoms with Crippen LogP contribution in [0.5, 0.6) is 0 Å². The fourth-order valence-electron chi connectivity index (χ4n) is 1.59. The summed E-state index contributed by atoms with van der Waals surface area (Å²) in [5.74, 6) is -1.57. The first-order valence-electron chi connectivity index (χ1n) is 5.23. The predicted octanol–water partition coefficient (Wildman–Crippen LogP) is 3.98. The average Bonchev–Trinajstić information content (AvgIpc) is 2.42. The van der Waals surface area contributed by atoms with Gasteiger partial charge in [0, 0.05) is 11.8 Å². The van der Waals surface area contributed by atoms with Crippen molar-refractivity contribution in [1.29, 1.82) is 0 Å². The van der Waals surface area contributed by atoms with Crippen LogP contribution in [0.25, 0.3) is 11.3 Å². The van der Waals surface area contributed by atoms with Gasteiger partial charge >= 0.3 is 5.97 Å². The monoisotopic (exact) mass is 299 g/mol. The first-order valence-corrected chi connectivity index (χ1v) is 5.99. The third-order valence-electron chi connectivity index (χ3n) is 2.50. The molecular weight excluding hydrogens is 292 g/mol. The summed E-state index contributed by atoms with van der Waals surface area (Å²) >= 11 is 11.9. The fraction of sp³-hybridized carbons (Fsp3) is 0.0769. The summed E-state index contributed by atoms with van der Waals surface area (Å²) in [5.41, 5.74) is 0.0661. The van der Waals surface area contributed by atoms with Crippen molar-refractivity contribution in [1.82, 2.24) is 4.98 Å². The molecule has 6 heteroatoms. The molecule has 1 aromatic carbocycles. The van der Waals surface area contributed by atoms with Crippen LogP contribution in [0.4, 0.5) is 4.39 Å². The molecular formula is C13H8Cl2FNO2. The van der Waals surface area contributed by atoms with Crippen molar-refractivity contribution in [2.75, 3.05) is 7.11 Å². The smallest absolute Gasteiger partial charge is 0.340 e. The first kappa shape index (κ1) is 13.8. The predicted molar refractivity (Wildman–Crippen MR) is 71.0 cm³/mol. The molecule has 19 heavy (non-hydrogen) atoms. The largest absolute Gasteiger partial charge is 0.465 e. The van der Waals surface area contributed by atoms with Gasteiger partial charge in [-0.3, -0.25) is 4.98 Å². The van der Waals surface area contributed by atoms with Crippen LogP contribution in [0.15, 0.2) is 30.5 Å². The van der Waals surface area contributed by atoms with E-state index in [1.165, 1.54) is 19.4 Å². The summed E-state index contributed by atoms with van der Waals surface area (Å²) in [6.45, 7) is 0. The molecule has 3 nitrogen and oxygen atoms in total. The Morgan fingerprint density at radius 2 is 2.05 bits per heavy atom. The zero-order chi connectivity index (χ0) is 14.0. The molecule has 0 saturated heterocycles. The number of carbonyl (C=O) groups is 1. The Kier molecular flexibility index (Phi) is 4.02. The third-order valence-corrected chi connectivity index (χ3v) is 3.32. The molecule has 0 aliphatic rings. The Balaban J connectivity index is 2.64. The van der Waals surface area contributed by atoms with Crippen molar-refractivity contribution in [2.45, 2.75) is 0 Å². The van der Waals surface area contributed by atoms with E-state index in [9.17, 15) is 9.18 Å². The zero-order valence-electron chi connectivity index (χ0n) is 9.78. The minimum absolute atomic E-state index is 0.0459. The maximum absolute atomic E-state index is 14.2. The molecule has 2 rings (SSSR count). The SMILES string of the molecule is COC(=O)c1ccnc(-c2cccc(Cl)c2Cl)c1F. The molecule has 0 N–H and O–H groups in total. The minimum atomic E-state index is -0.793. The van der Waals surface area contributed by atoms with Crippen LogP contribution < -0.4 is 0 Å². The van der Waals surface area contributed by atoms with Crippen molar-refractivity contribution >= 4 is 29.2 Å². The van der Waals surface area contributed by atoms with Gasteiger partial charge in [0.15, 0.2) is 5.82 Å². The standard InChI is InChI=1S/C13H8Cl2FNO2/c1-19-13(18)8-5-6-17-12(11(8)16)7-3-2-4-9(14)10(7)15/h2-6H,1H3. The molecule has 0 radical (unpaired) electrons. The molecule has 0 spiro atoms. The van der Waals surface area contributed by atoms with Gasteiger partial charge in [0.25, 0.3) is 0 Å². The normalized spacial score (nSPS) is 10.3. The summed E-state index contributed by atoms with van der Waals surface area (Å²) in [4.78, 5) is 15.3. The number of benzene rings is 1. The Morgan fingerprint density at radius 1 is 1.32 bits per heavy atom. The second kappa shape index (κ2) is 5.55. The maximum Gasteiger partial charge on any atom is 0.340 e. The van der Waals surface area contributed by atoms with E-state index in [1.807, 2.05) is 0 Å². The summed E-state index contributed by atoms with van der Waals surface area (Å²) in [6.07, 6.45) is 1.31. The number of nitrogens with zero attached hydrogens (tertiary/aromatic N) is 1. The van der Waals surface area contributed by atoms with Crippen LogP contribution in [-0.2, 0) is 4.74 Å². The topological polar surface area (TPSA) is 39.2 Å². The lowest BCUT2D eigenvalue weighted by atomic mass is 10.1. The average molecular weight is 300 g/mol. The van der Waals surface area contributed by atoms with E-state index in [4.69, 9.17) is 23.2 Å². The van der Waals surface area contributed by atoms with Crippen molar-refractivity contribution in [3.05, 3.63) is 51.9 Å². The van der Waals surface area contributed by atoms with Gasteiger partial charge in [-0.05, 0) is 12.1 Å². The minimum Gasteiger partial charge on any atom is -0.465 e. The van der Waals surface area contributed by atoms with E-state index in [0.717, 1.165) is 0 Å². The number of halogens is 3. The van der Waals surface area contributed by atoms with Gasteiger partial charge in [0.1, 0.15) is 5.69 Å². The van der Waals surface area contributed by atoms with Crippen LogP contribution >= 0.6 is 23.2 Å². The molecule has 1 heterocycles. The molecule has 98 valence electrons.